The van der Waals surface area contributed by atoms with Crippen LogP contribution in [0.1, 0.15) is 33.6 Å². The first-order valence-electron chi connectivity index (χ1n) is 7.18. The number of H-pyrrole nitrogens is 1. The minimum absolute atomic E-state index is 0.160. The van der Waals surface area contributed by atoms with Gasteiger partial charge in [-0.1, -0.05) is 0 Å². The number of rotatable bonds is 5. The van der Waals surface area contributed by atoms with Crippen LogP contribution < -0.4 is 5.73 Å². The molecule has 1 aromatic carbocycles. The number of nitrogens with one attached hydrogen (secondary N) is 1. The number of anilines is 1. The number of amides is 1. The van der Waals surface area contributed by atoms with Crippen LogP contribution in [0.15, 0.2) is 18.2 Å². The van der Waals surface area contributed by atoms with Gasteiger partial charge in [-0.15, -0.1) is 0 Å². The Bertz CT molecular complexity index is 762. The number of carbonyl (C=O) groups excluding carboxylic acids is 1. The highest BCUT2D eigenvalue weighted by Gasteiger charge is 2.15. The van der Waals surface area contributed by atoms with Crippen LogP contribution in [0.25, 0.3) is 0 Å². The third-order valence-corrected chi connectivity index (χ3v) is 3.67. The van der Waals surface area contributed by atoms with Gasteiger partial charge < -0.3 is 10.6 Å². The summed E-state index contributed by atoms with van der Waals surface area (Å²) in [6.45, 7) is 2.20. The largest absolute Gasteiger partial charge is 0.381 e. The molecule has 0 aliphatic heterocycles. The molecule has 2 rings (SSSR count). The molecule has 0 unspecified atom stereocenters. The van der Waals surface area contributed by atoms with Crippen LogP contribution in [0.3, 0.4) is 0 Å². The van der Waals surface area contributed by atoms with Crippen LogP contribution in [-0.4, -0.2) is 34.6 Å². The average Bonchev–Trinajstić information content (AvgIpc) is 2.86. The monoisotopic (exact) mass is 315 g/mol. The molecular formula is C16H18FN5O. The van der Waals surface area contributed by atoms with Crippen molar-refractivity contribution in [2.75, 3.05) is 19.3 Å². The molecule has 0 saturated heterocycles. The van der Waals surface area contributed by atoms with E-state index >= 15 is 0 Å². The second-order valence-electron chi connectivity index (χ2n) is 5.36. The minimum Gasteiger partial charge on any atom is -0.381 e. The number of hydrogen-bond donors (Lipinski definition) is 2. The fraction of sp³-hybridized carbons (Fsp3) is 0.312. The van der Waals surface area contributed by atoms with E-state index in [0.29, 0.717) is 41.8 Å². The van der Waals surface area contributed by atoms with Gasteiger partial charge in [0.25, 0.3) is 5.91 Å². The second-order valence-corrected chi connectivity index (χ2v) is 5.36. The number of benzene rings is 1. The maximum absolute atomic E-state index is 13.1. The number of nitrogens with zero attached hydrogens (tertiary/aromatic N) is 3. The number of nitrogens with two attached hydrogens (primary N) is 1. The van der Waals surface area contributed by atoms with Crippen LogP contribution >= 0.6 is 0 Å². The second kappa shape index (κ2) is 6.92. The fourth-order valence-corrected chi connectivity index (χ4v) is 2.37. The Morgan fingerprint density at radius 2 is 2.26 bits per heavy atom. The lowest BCUT2D eigenvalue weighted by atomic mass is 10.1. The first-order chi connectivity index (χ1) is 10.9. The van der Waals surface area contributed by atoms with E-state index in [0.717, 1.165) is 0 Å². The minimum atomic E-state index is -0.359. The van der Waals surface area contributed by atoms with E-state index in [1.165, 1.54) is 18.2 Å². The van der Waals surface area contributed by atoms with Crippen molar-refractivity contribution >= 4 is 11.7 Å². The molecule has 120 valence electrons. The highest BCUT2D eigenvalue weighted by Crippen LogP contribution is 2.15. The van der Waals surface area contributed by atoms with Gasteiger partial charge in [0.15, 0.2) is 5.82 Å². The normalized spacial score (nSPS) is 10.3. The Labute approximate surface area is 133 Å². The van der Waals surface area contributed by atoms with Gasteiger partial charge in [-0.25, -0.2) is 4.39 Å². The zero-order valence-electron chi connectivity index (χ0n) is 13.1. The summed E-state index contributed by atoms with van der Waals surface area (Å²) in [5.41, 5.74) is 7.69. The average molecular weight is 315 g/mol. The number of nitrogen functional groups attached to an aromatic ring is 1. The third kappa shape index (κ3) is 3.66. The van der Waals surface area contributed by atoms with Crippen LogP contribution in [-0.2, 0) is 6.42 Å². The number of nitriles is 1. The summed E-state index contributed by atoms with van der Waals surface area (Å²) in [4.78, 5) is 13.9. The summed E-state index contributed by atoms with van der Waals surface area (Å²) in [6, 6.07) is 6.12. The van der Waals surface area contributed by atoms with Crippen LogP contribution in [0, 0.1) is 24.1 Å². The molecule has 0 atom stereocenters. The fourth-order valence-electron chi connectivity index (χ4n) is 2.37. The molecule has 23 heavy (non-hydrogen) atoms. The first kappa shape index (κ1) is 16.5. The molecule has 6 nitrogen and oxygen atoms in total. The Morgan fingerprint density at radius 3 is 2.91 bits per heavy atom. The van der Waals surface area contributed by atoms with E-state index in [9.17, 15) is 9.18 Å². The molecule has 0 spiro atoms. The summed E-state index contributed by atoms with van der Waals surface area (Å²) in [5, 5.41) is 15.5. The summed E-state index contributed by atoms with van der Waals surface area (Å²) < 4.78 is 13.1. The van der Waals surface area contributed by atoms with Crippen molar-refractivity contribution in [3.05, 3.63) is 46.4 Å². The molecule has 1 amide bonds. The molecule has 0 aliphatic rings. The molecule has 0 radical (unpaired) electrons. The summed E-state index contributed by atoms with van der Waals surface area (Å²) in [5.74, 6) is -0.330. The lowest BCUT2D eigenvalue weighted by Crippen LogP contribution is -2.28. The van der Waals surface area contributed by atoms with E-state index in [1.807, 2.05) is 6.07 Å². The number of aryl methyl sites for hydroxylation is 2. The highest BCUT2D eigenvalue weighted by atomic mass is 19.1. The van der Waals surface area contributed by atoms with Crippen molar-refractivity contribution in [2.24, 2.45) is 0 Å². The number of aromatic amines is 1. The van der Waals surface area contributed by atoms with Gasteiger partial charge >= 0.3 is 0 Å². The predicted molar refractivity (Wildman–Crippen MR) is 84.1 cm³/mol. The van der Waals surface area contributed by atoms with Crippen LogP contribution in [0.5, 0.6) is 0 Å². The van der Waals surface area contributed by atoms with Crippen LogP contribution in [0.2, 0.25) is 0 Å². The quantitative estimate of drug-likeness (QED) is 0.881. The molecule has 1 aromatic heterocycles. The summed E-state index contributed by atoms with van der Waals surface area (Å²) in [6.07, 6.45) is 1.21. The SMILES string of the molecule is Cc1cc(F)ccc1C(=O)N(C)CCCc1[nH]nc(N)c1C#N. The lowest BCUT2D eigenvalue weighted by molar-refractivity contribution is 0.0792. The molecule has 0 saturated carbocycles. The van der Waals surface area contributed by atoms with Gasteiger partial charge in [0.05, 0.1) is 5.69 Å². The van der Waals surface area contributed by atoms with Gasteiger partial charge in [0.1, 0.15) is 17.4 Å². The molecule has 0 bridgehead atoms. The number of halogens is 1. The standard InChI is InChI=1S/C16H18FN5O/c1-10-8-11(17)5-6-12(10)16(23)22(2)7-3-4-14-13(9-18)15(19)21-20-14/h5-6,8H,3-4,7H2,1-2H3,(H3,19,20,21). The molecule has 3 N–H and O–H groups in total. The van der Waals surface area contributed by atoms with Gasteiger partial charge in [-0.2, -0.15) is 10.4 Å². The van der Waals surface area contributed by atoms with Crippen LogP contribution in [0.4, 0.5) is 10.2 Å². The molecule has 2 aromatic rings. The van der Waals surface area contributed by atoms with Gasteiger partial charge in [-0.3, -0.25) is 9.89 Å². The van der Waals surface area contributed by atoms with Gasteiger partial charge in [0.2, 0.25) is 0 Å². The number of aromatic nitrogens is 2. The van der Waals surface area contributed by atoms with E-state index < -0.39 is 0 Å². The zero-order valence-corrected chi connectivity index (χ0v) is 13.1. The van der Waals surface area contributed by atoms with Crippen molar-refractivity contribution < 1.29 is 9.18 Å². The first-order valence-corrected chi connectivity index (χ1v) is 7.18. The molecule has 0 aliphatic carbocycles. The summed E-state index contributed by atoms with van der Waals surface area (Å²) in [7, 11) is 1.69. The number of carbonyl (C=O) groups is 1. The molecular weight excluding hydrogens is 297 g/mol. The van der Waals surface area contributed by atoms with Crippen molar-refractivity contribution in [3.63, 3.8) is 0 Å². The topological polar surface area (TPSA) is 98.8 Å². The zero-order chi connectivity index (χ0) is 17.0. The Balaban J connectivity index is 1.95. The van der Waals surface area contributed by atoms with Gasteiger partial charge in [-0.05, 0) is 43.5 Å². The smallest absolute Gasteiger partial charge is 0.253 e. The number of hydrogen-bond acceptors (Lipinski definition) is 4. The molecule has 0 fully saturated rings. The Hall–Kier alpha value is -2.88. The maximum Gasteiger partial charge on any atom is 0.253 e. The van der Waals surface area contributed by atoms with Crippen molar-refractivity contribution in [2.45, 2.75) is 19.8 Å². The van der Waals surface area contributed by atoms with Crippen molar-refractivity contribution in [3.8, 4) is 6.07 Å². The summed E-state index contributed by atoms with van der Waals surface area (Å²) >= 11 is 0. The highest BCUT2D eigenvalue weighted by molar-refractivity contribution is 5.95. The molecule has 7 heteroatoms. The van der Waals surface area contributed by atoms with Crippen molar-refractivity contribution in [1.29, 1.82) is 5.26 Å². The third-order valence-electron chi connectivity index (χ3n) is 3.67. The van der Waals surface area contributed by atoms with E-state index in [-0.39, 0.29) is 17.5 Å². The molecule has 1 heterocycles. The Kier molecular flexibility index (Phi) is 4.96. The van der Waals surface area contributed by atoms with Crippen molar-refractivity contribution in [1.82, 2.24) is 15.1 Å². The lowest BCUT2D eigenvalue weighted by Gasteiger charge is -2.18. The van der Waals surface area contributed by atoms with E-state index in [4.69, 9.17) is 11.0 Å². The Morgan fingerprint density at radius 1 is 1.52 bits per heavy atom. The predicted octanol–water partition coefficient (Wildman–Crippen LogP) is 2.02. The van der Waals surface area contributed by atoms with E-state index in [2.05, 4.69) is 10.2 Å². The van der Waals surface area contributed by atoms with Gasteiger partial charge in [0, 0.05) is 19.2 Å². The van der Waals surface area contributed by atoms with E-state index in [1.54, 1.807) is 18.9 Å². The maximum atomic E-state index is 13.1.